The van der Waals surface area contributed by atoms with E-state index in [0.717, 1.165) is 17.0 Å². The summed E-state index contributed by atoms with van der Waals surface area (Å²) in [5.74, 6) is 0.279. The lowest BCUT2D eigenvalue weighted by atomic mass is 10.0. The second kappa shape index (κ2) is 9.41. The Hall–Kier alpha value is -3.09. The molecule has 2 amide bonds. The monoisotopic (exact) mass is 399 g/mol. The fraction of sp³-hybridized carbons (Fsp3) is 0.364. The molecule has 1 aliphatic rings. The van der Waals surface area contributed by atoms with E-state index in [1.54, 1.807) is 19.2 Å². The number of rotatable bonds is 6. The van der Waals surface area contributed by atoms with Gasteiger partial charge in [0.05, 0.1) is 19.6 Å². The maximum atomic E-state index is 13.1. The molecule has 29 heavy (non-hydrogen) atoms. The molecule has 1 atom stereocenters. The summed E-state index contributed by atoms with van der Waals surface area (Å²) in [6, 6.07) is 13.4. The minimum Gasteiger partial charge on any atom is -0.497 e. The molecule has 0 aliphatic carbocycles. The summed E-state index contributed by atoms with van der Waals surface area (Å²) in [7, 11) is 1.59. The van der Waals surface area contributed by atoms with Crippen LogP contribution in [0.2, 0.25) is 0 Å². The molecule has 2 aromatic carbocycles. The molecule has 0 radical (unpaired) electrons. The highest BCUT2D eigenvalue weighted by molar-refractivity contribution is 5.79. The van der Waals surface area contributed by atoms with Gasteiger partial charge in [0, 0.05) is 38.8 Å². The van der Waals surface area contributed by atoms with Gasteiger partial charge in [0.2, 0.25) is 11.8 Å². The van der Waals surface area contributed by atoms with Crippen molar-refractivity contribution in [3.63, 3.8) is 0 Å². The van der Waals surface area contributed by atoms with Crippen molar-refractivity contribution in [2.75, 3.05) is 38.2 Å². The molecule has 3 rings (SSSR count). The summed E-state index contributed by atoms with van der Waals surface area (Å²) >= 11 is 0. The molecule has 0 spiro atoms. The van der Waals surface area contributed by atoms with Gasteiger partial charge in [-0.05, 0) is 42.0 Å². The van der Waals surface area contributed by atoms with Crippen LogP contribution in [-0.2, 0) is 9.59 Å². The molecule has 1 N–H and O–H groups in total. The molecule has 1 unspecified atom stereocenters. The number of hydrogen-bond acceptors (Lipinski definition) is 4. The Kier molecular flexibility index (Phi) is 6.69. The van der Waals surface area contributed by atoms with Crippen molar-refractivity contribution in [2.45, 2.75) is 19.4 Å². The van der Waals surface area contributed by atoms with Crippen LogP contribution in [-0.4, -0.2) is 50.0 Å². The van der Waals surface area contributed by atoms with Gasteiger partial charge in [0.15, 0.2) is 0 Å². The summed E-state index contributed by atoms with van der Waals surface area (Å²) in [5, 5.41) is 2.87. The normalized spacial score (nSPS) is 15.0. The topological polar surface area (TPSA) is 61.9 Å². The number of benzene rings is 2. The molecule has 0 aromatic heterocycles. The van der Waals surface area contributed by atoms with Crippen molar-refractivity contribution >= 4 is 17.5 Å². The third-order valence-corrected chi connectivity index (χ3v) is 5.10. The van der Waals surface area contributed by atoms with E-state index in [0.29, 0.717) is 26.2 Å². The highest BCUT2D eigenvalue weighted by Gasteiger charge is 2.25. The van der Waals surface area contributed by atoms with Gasteiger partial charge in [0.1, 0.15) is 11.6 Å². The average molecular weight is 399 g/mol. The van der Waals surface area contributed by atoms with E-state index in [1.165, 1.54) is 19.1 Å². The number of nitrogens with one attached hydrogen (secondary N) is 1. The van der Waals surface area contributed by atoms with E-state index >= 15 is 0 Å². The van der Waals surface area contributed by atoms with Crippen LogP contribution >= 0.6 is 0 Å². The number of piperazine rings is 1. The van der Waals surface area contributed by atoms with Crippen LogP contribution in [0.1, 0.15) is 24.9 Å². The predicted octanol–water partition coefficient (Wildman–Crippen LogP) is 2.75. The number of halogens is 1. The van der Waals surface area contributed by atoms with Crippen molar-refractivity contribution in [3.8, 4) is 5.75 Å². The zero-order valence-electron chi connectivity index (χ0n) is 16.7. The van der Waals surface area contributed by atoms with Crippen molar-refractivity contribution in [1.82, 2.24) is 10.2 Å². The van der Waals surface area contributed by atoms with Crippen molar-refractivity contribution < 1.29 is 18.7 Å². The van der Waals surface area contributed by atoms with Crippen molar-refractivity contribution in [2.24, 2.45) is 0 Å². The summed E-state index contributed by atoms with van der Waals surface area (Å²) in [4.78, 5) is 28.4. The number of methoxy groups -OCH3 is 1. The highest BCUT2D eigenvalue weighted by atomic mass is 19.1. The number of carbonyl (C=O) groups is 2. The molecule has 1 heterocycles. The maximum Gasteiger partial charge on any atom is 0.225 e. The Labute approximate surface area is 170 Å². The number of carbonyl (C=O) groups excluding carboxylic acids is 2. The van der Waals surface area contributed by atoms with Crippen LogP contribution in [0.25, 0.3) is 0 Å². The number of hydrogen-bond donors (Lipinski definition) is 1. The first kappa shape index (κ1) is 20.6. The van der Waals surface area contributed by atoms with Gasteiger partial charge < -0.3 is 19.9 Å². The maximum absolute atomic E-state index is 13.1. The van der Waals surface area contributed by atoms with Gasteiger partial charge in [-0.15, -0.1) is 0 Å². The third kappa shape index (κ3) is 5.47. The van der Waals surface area contributed by atoms with Gasteiger partial charge in [-0.3, -0.25) is 9.59 Å². The first-order valence-corrected chi connectivity index (χ1v) is 9.65. The average Bonchev–Trinajstić information content (AvgIpc) is 2.73. The predicted molar refractivity (Wildman–Crippen MR) is 109 cm³/mol. The Morgan fingerprint density at radius 2 is 1.66 bits per heavy atom. The van der Waals surface area contributed by atoms with E-state index in [1.807, 2.05) is 29.2 Å². The van der Waals surface area contributed by atoms with Crippen LogP contribution in [0.15, 0.2) is 48.5 Å². The molecule has 7 heteroatoms. The zero-order chi connectivity index (χ0) is 20.8. The van der Waals surface area contributed by atoms with E-state index in [2.05, 4.69) is 10.2 Å². The minimum atomic E-state index is -0.388. The van der Waals surface area contributed by atoms with Gasteiger partial charge in [-0.1, -0.05) is 12.1 Å². The Bertz CT molecular complexity index is 831. The Balaban J connectivity index is 1.60. The summed E-state index contributed by atoms with van der Waals surface area (Å²) in [5.41, 5.74) is 1.81. The van der Waals surface area contributed by atoms with Crippen LogP contribution in [0.3, 0.4) is 0 Å². The van der Waals surface area contributed by atoms with Gasteiger partial charge in [-0.2, -0.15) is 0 Å². The van der Waals surface area contributed by atoms with E-state index < -0.39 is 0 Å². The number of ether oxygens (including phenoxy) is 1. The van der Waals surface area contributed by atoms with Crippen molar-refractivity contribution in [3.05, 3.63) is 59.9 Å². The highest BCUT2D eigenvalue weighted by Crippen LogP contribution is 2.22. The Morgan fingerprint density at radius 1 is 1.03 bits per heavy atom. The number of amides is 2. The van der Waals surface area contributed by atoms with Gasteiger partial charge in [-0.25, -0.2) is 4.39 Å². The molecular weight excluding hydrogens is 373 g/mol. The standard InChI is InChI=1S/C22H26FN3O3/c1-16(27)24-21(17-3-9-20(29-2)10-4-17)15-22(28)26-13-11-25(12-14-26)19-7-5-18(23)6-8-19/h3-10,21H,11-15H2,1-2H3,(H,24,27). The van der Waals surface area contributed by atoms with Gasteiger partial charge in [0.25, 0.3) is 0 Å². The van der Waals surface area contributed by atoms with Gasteiger partial charge >= 0.3 is 0 Å². The largest absolute Gasteiger partial charge is 0.497 e. The zero-order valence-corrected chi connectivity index (χ0v) is 16.7. The molecule has 6 nitrogen and oxygen atoms in total. The van der Waals surface area contributed by atoms with Crippen LogP contribution in [0.4, 0.5) is 10.1 Å². The molecular formula is C22H26FN3O3. The smallest absolute Gasteiger partial charge is 0.225 e. The second-order valence-corrected chi connectivity index (χ2v) is 7.07. The molecule has 154 valence electrons. The molecule has 0 saturated carbocycles. The lowest BCUT2D eigenvalue weighted by molar-refractivity contribution is -0.132. The lowest BCUT2D eigenvalue weighted by Crippen LogP contribution is -2.49. The second-order valence-electron chi connectivity index (χ2n) is 7.07. The minimum absolute atomic E-state index is 0.00155. The number of anilines is 1. The summed E-state index contributed by atoms with van der Waals surface area (Å²) in [6.07, 6.45) is 0.197. The SMILES string of the molecule is COc1ccc(C(CC(=O)N2CCN(c3ccc(F)cc3)CC2)NC(C)=O)cc1. The third-order valence-electron chi connectivity index (χ3n) is 5.10. The van der Waals surface area contributed by atoms with Crippen LogP contribution in [0.5, 0.6) is 5.75 Å². The first-order chi connectivity index (χ1) is 14.0. The molecule has 0 bridgehead atoms. The summed E-state index contributed by atoms with van der Waals surface area (Å²) in [6.45, 7) is 4.00. The fourth-order valence-corrected chi connectivity index (χ4v) is 3.50. The van der Waals surface area contributed by atoms with Crippen LogP contribution < -0.4 is 15.0 Å². The lowest BCUT2D eigenvalue weighted by Gasteiger charge is -2.36. The van der Waals surface area contributed by atoms with E-state index in [4.69, 9.17) is 4.74 Å². The van der Waals surface area contributed by atoms with E-state index in [-0.39, 0.29) is 30.1 Å². The Morgan fingerprint density at radius 3 is 2.21 bits per heavy atom. The quantitative estimate of drug-likeness (QED) is 0.812. The van der Waals surface area contributed by atoms with Crippen LogP contribution in [0, 0.1) is 5.82 Å². The molecule has 2 aromatic rings. The van der Waals surface area contributed by atoms with Crippen molar-refractivity contribution in [1.29, 1.82) is 0 Å². The first-order valence-electron chi connectivity index (χ1n) is 9.65. The van der Waals surface area contributed by atoms with E-state index in [9.17, 15) is 14.0 Å². The molecule has 1 saturated heterocycles. The molecule has 1 fully saturated rings. The molecule has 1 aliphatic heterocycles. The number of nitrogens with zero attached hydrogens (tertiary/aromatic N) is 2. The fourth-order valence-electron chi connectivity index (χ4n) is 3.50. The summed E-state index contributed by atoms with van der Waals surface area (Å²) < 4.78 is 18.3.